The van der Waals surface area contributed by atoms with Crippen LogP contribution in [0.15, 0.2) is 30.3 Å². The third-order valence-corrected chi connectivity index (χ3v) is 2.64. The van der Waals surface area contributed by atoms with Crippen molar-refractivity contribution in [3.63, 3.8) is 0 Å². The lowest BCUT2D eigenvalue weighted by Crippen LogP contribution is -2.14. The van der Waals surface area contributed by atoms with Crippen molar-refractivity contribution in [1.29, 1.82) is 0 Å². The van der Waals surface area contributed by atoms with E-state index >= 15 is 0 Å². The van der Waals surface area contributed by atoms with E-state index in [0.29, 0.717) is 5.69 Å². The van der Waals surface area contributed by atoms with E-state index in [1.807, 2.05) is 0 Å². The molecule has 1 aromatic carbocycles. The fourth-order valence-electron chi connectivity index (χ4n) is 1.74. The normalized spacial score (nSPS) is 10.2. The number of hydrogen-bond acceptors (Lipinski definition) is 5. The van der Waals surface area contributed by atoms with Crippen molar-refractivity contribution in [3.8, 4) is 0 Å². The van der Waals surface area contributed by atoms with Crippen molar-refractivity contribution < 1.29 is 14.1 Å². The van der Waals surface area contributed by atoms with Gasteiger partial charge in [-0.2, -0.15) is 0 Å². The van der Waals surface area contributed by atoms with Crippen LogP contribution >= 0.6 is 0 Å². The number of nitrogens with two attached hydrogens (primary N) is 1. The highest BCUT2D eigenvalue weighted by Gasteiger charge is 2.14. The van der Waals surface area contributed by atoms with E-state index < -0.39 is 16.6 Å². The number of nitrogen functional groups attached to an aromatic ring is 1. The number of nitro benzene ring substituents is 1. The molecule has 0 bridgehead atoms. The quantitative estimate of drug-likeness (QED) is 0.665. The number of nitrogens with zero attached hydrogens (tertiary/aromatic N) is 2. The summed E-state index contributed by atoms with van der Waals surface area (Å²) < 4.78 is 13.6. The number of pyridine rings is 1. The van der Waals surface area contributed by atoms with Crippen LogP contribution in [-0.4, -0.2) is 15.8 Å². The first-order valence-corrected chi connectivity index (χ1v) is 5.86. The molecule has 0 aliphatic heterocycles. The van der Waals surface area contributed by atoms with Crippen LogP contribution in [0.25, 0.3) is 0 Å². The molecular formula is C13H11FN4O3. The van der Waals surface area contributed by atoms with Gasteiger partial charge in [0.05, 0.1) is 10.6 Å². The Hall–Kier alpha value is -3.03. The van der Waals surface area contributed by atoms with Gasteiger partial charge in [-0.25, -0.2) is 9.37 Å². The summed E-state index contributed by atoms with van der Waals surface area (Å²) in [6.45, 7) is 1.65. The molecule has 0 spiro atoms. The van der Waals surface area contributed by atoms with Crippen molar-refractivity contribution >= 4 is 23.1 Å². The van der Waals surface area contributed by atoms with Gasteiger partial charge in [0.15, 0.2) is 0 Å². The molecule has 21 heavy (non-hydrogen) atoms. The lowest BCUT2D eigenvalue weighted by atomic mass is 10.2. The Morgan fingerprint density at radius 3 is 2.71 bits per heavy atom. The highest BCUT2D eigenvalue weighted by atomic mass is 19.1. The van der Waals surface area contributed by atoms with Gasteiger partial charge in [0.1, 0.15) is 11.6 Å². The zero-order valence-corrected chi connectivity index (χ0v) is 11.0. The van der Waals surface area contributed by atoms with Crippen molar-refractivity contribution in [2.75, 3.05) is 11.1 Å². The van der Waals surface area contributed by atoms with Crippen LogP contribution in [0.5, 0.6) is 0 Å². The average Bonchev–Trinajstić information content (AvgIpc) is 2.39. The Balaban J connectivity index is 2.31. The zero-order chi connectivity index (χ0) is 15.6. The topological polar surface area (TPSA) is 111 Å². The molecule has 8 heteroatoms. The third kappa shape index (κ3) is 3.30. The number of aromatic nitrogens is 1. The molecule has 1 heterocycles. The average molecular weight is 290 g/mol. The highest BCUT2D eigenvalue weighted by Crippen LogP contribution is 2.22. The molecule has 108 valence electrons. The Kier molecular flexibility index (Phi) is 3.79. The summed E-state index contributed by atoms with van der Waals surface area (Å²) in [5, 5.41) is 12.9. The van der Waals surface area contributed by atoms with E-state index in [1.165, 1.54) is 12.1 Å². The Morgan fingerprint density at radius 2 is 2.10 bits per heavy atom. The fraction of sp³-hybridized carbons (Fsp3) is 0.0769. The molecule has 1 amide bonds. The summed E-state index contributed by atoms with van der Waals surface area (Å²) in [5.41, 5.74) is 5.65. The van der Waals surface area contributed by atoms with Crippen LogP contribution in [-0.2, 0) is 0 Å². The Morgan fingerprint density at radius 1 is 1.38 bits per heavy atom. The molecular weight excluding hydrogens is 279 g/mol. The molecule has 1 aromatic heterocycles. The molecule has 2 rings (SSSR count). The number of hydrogen-bond donors (Lipinski definition) is 2. The number of carbonyl (C=O) groups is 1. The minimum absolute atomic E-state index is 0.152. The van der Waals surface area contributed by atoms with Crippen LogP contribution in [0.4, 0.5) is 21.6 Å². The lowest BCUT2D eigenvalue weighted by molar-refractivity contribution is -0.384. The number of halogens is 1. The molecule has 0 radical (unpaired) electrons. The van der Waals surface area contributed by atoms with Gasteiger partial charge in [-0.3, -0.25) is 14.9 Å². The number of anilines is 2. The summed E-state index contributed by atoms with van der Waals surface area (Å²) in [6.07, 6.45) is 0. The number of nitrogens with one attached hydrogen (secondary N) is 1. The second-order valence-corrected chi connectivity index (χ2v) is 4.30. The molecule has 0 saturated heterocycles. The van der Waals surface area contributed by atoms with Crippen LogP contribution in [0.2, 0.25) is 0 Å². The maximum absolute atomic E-state index is 13.6. The first-order valence-electron chi connectivity index (χ1n) is 5.86. The molecule has 2 aromatic rings. The van der Waals surface area contributed by atoms with Gasteiger partial charge in [0.2, 0.25) is 0 Å². The SMILES string of the molecule is Cc1cc(C(=O)Nc2cc([N+](=O)[O-])ccc2F)cc(N)n1. The molecule has 3 N–H and O–H groups in total. The van der Waals surface area contributed by atoms with Crippen molar-refractivity contribution in [2.24, 2.45) is 0 Å². The summed E-state index contributed by atoms with van der Waals surface area (Å²) >= 11 is 0. The van der Waals surface area contributed by atoms with Gasteiger partial charge >= 0.3 is 0 Å². The van der Waals surface area contributed by atoms with Crippen molar-refractivity contribution in [3.05, 3.63) is 57.5 Å². The predicted octanol–water partition coefficient (Wildman–Crippen LogP) is 2.27. The first-order chi connectivity index (χ1) is 9.86. The number of non-ortho nitro benzene ring substituents is 1. The van der Waals surface area contributed by atoms with Gasteiger partial charge in [0.25, 0.3) is 11.6 Å². The number of aryl methyl sites for hydroxylation is 1. The van der Waals surface area contributed by atoms with E-state index in [-0.39, 0.29) is 22.8 Å². The Labute approximate surface area is 118 Å². The smallest absolute Gasteiger partial charge is 0.271 e. The zero-order valence-electron chi connectivity index (χ0n) is 11.0. The van der Waals surface area contributed by atoms with Crippen molar-refractivity contribution in [2.45, 2.75) is 6.92 Å². The number of rotatable bonds is 3. The molecule has 0 aliphatic rings. The maximum atomic E-state index is 13.6. The second-order valence-electron chi connectivity index (χ2n) is 4.30. The molecule has 0 fully saturated rings. The Bertz CT molecular complexity index is 713. The maximum Gasteiger partial charge on any atom is 0.271 e. The van der Waals surface area contributed by atoms with Gasteiger partial charge in [-0.1, -0.05) is 0 Å². The van der Waals surface area contributed by atoms with Gasteiger partial charge < -0.3 is 11.1 Å². The van der Waals surface area contributed by atoms with Crippen molar-refractivity contribution in [1.82, 2.24) is 4.98 Å². The van der Waals surface area contributed by atoms with Gasteiger partial charge in [0, 0.05) is 23.4 Å². The van der Waals surface area contributed by atoms with E-state index in [1.54, 1.807) is 6.92 Å². The van der Waals surface area contributed by atoms with E-state index in [0.717, 1.165) is 18.2 Å². The summed E-state index contributed by atoms with van der Waals surface area (Å²) in [4.78, 5) is 25.9. The molecule has 7 nitrogen and oxygen atoms in total. The first kappa shape index (κ1) is 14.4. The minimum Gasteiger partial charge on any atom is -0.384 e. The number of benzene rings is 1. The highest BCUT2D eigenvalue weighted by molar-refractivity contribution is 6.04. The molecule has 0 aliphatic carbocycles. The van der Waals surface area contributed by atoms with E-state index in [2.05, 4.69) is 10.3 Å². The molecule has 0 atom stereocenters. The summed E-state index contributed by atoms with van der Waals surface area (Å²) in [6, 6.07) is 5.68. The minimum atomic E-state index is -0.771. The van der Waals surface area contributed by atoms with Gasteiger partial charge in [-0.15, -0.1) is 0 Å². The lowest BCUT2D eigenvalue weighted by Gasteiger charge is -2.07. The number of carbonyl (C=O) groups excluding carboxylic acids is 1. The summed E-state index contributed by atoms with van der Waals surface area (Å²) in [5.74, 6) is -1.25. The largest absolute Gasteiger partial charge is 0.384 e. The van der Waals surface area contributed by atoms with Crippen LogP contribution in [0.1, 0.15) is 16.1 Å². The number of nitro groups is 1. The fourth-order valence-corrected chi connectivity index (χ4v) is 1.74. The monoisotopic (exact) mass is 290 g/mol. The third-order valence-electron chi connectivity index (χ3n) is 2.64. The molecule has 0 unspecified atom stereocenters. The van der Waals surface area contributed by atoms with E-state index in [4.69, 9.17) is 5.73 Å². The van der Waals surface area contributed by atoms with Gasteiger partial charge in [-0.05, 0) is 25.1 Å². The summed E-state index contributed by atoms with van der Waals surface area (Å²) in [7, 11) is 0. The van der Waals surface area contributed by atoms with Crippen LogP contribution in [0.3, 0.4) is 0 Å². The predicted molar refractivity (Wildman–Crippen MR) is 74.4 cm³/mol. The van der Waals surface area contributed by atoms with E-state index in [9.17, 15) is 19.3 Å². The second kappa shape index (κ2) is 5.53. The number of amides is 1. The standard InChI is InChI=1S/C13H11FN4O3/c1-7-4-8(5-12(15)16-7)13(19)17-11-6-9(18(20)21)2-3-10(11)14/h2-6H,1H3,(H2,15,16)(H,17,19). The van der Waals surface area contributed by atoms with Crippen LogP contribution < -0.4 is 11.1 Å². The molecule has 0 saturated carbocycles. The van der Waals surface area contributed by atoms with Crippen LogP contribution in [0, 0.1) is 22.9 Å².